The zero-order valence-electron chi connectivity index (χ0n) is 22.4. The fourth-order valence-electron chi connectivity index (χ4n) is 4.38. The highest BCUT2D eigenvalue weighted by Gasteiger charge is 2.11. The molecule has 0 spiro atoms. The van der Waals surface area contributed by atoms with Crippen molar-refractivity contribution in [2.24, 2.45) is 0 Å². The minimum absolute atomic E-state index is 0.152. The average molecular weight is 590 g/mol. The normalized spacial score (nSPS) is 11.2. The molecule has 0 radical (unpaired) electrons. The Morgan fingerprint density at radius 3 is 2.36 bits per heavy atom. The van der Waals surface area contributed by atoms with Gasteiger partial charge in [-0.1, -0.05) is 66.2 Å². The van der Waals surface area contributed by atoms with E-state index in [9.17, 15) is 4.79 Å². The van der Waals surface area contributed by atoms with Gasteiger partial charge in [0.1, 0.15) is 17.0 Å². The molecular formula is C34H24ClN3O3S. The SMILES string of the molecule is Cc1ccc(-c2ccc(/C=C/C(=O)NC(=S)Nc3ccc4oc(-c5ccc(-c6ccccc6)cc5)nc4c3)o2)cc1Cl. The maximum absolute atomic E-state index is 12.5. The summed E-state index contributed by atoms with van der Waals surface area (Å²) in [6.45, 7) is 1.94. The molecular weight excluding hydrogens is 566 g/mol. The lowest BCUT2D eigenvalue weighted by Crippen LogP contribution is -2.32. The first-order chi connectivity index (χ1) is 20.4. The molecule has 6 aromatic rings. The molecule has 0 unspecified atom stereocenters. The van der Waals surface area contributed by atoms with E-state index in [4.69, 9.17) is 32.7 Å². The summed E-state index contributed by atoms with van der Waals surface area (Å²) in [5.41, 5.74) is 6.97. The minimum atomic E-state index is -0.396. The number of halogens is 1. The molecule has 0 saturated carbocycles. The number of benzene rings is 4. The van der Waals surface area contributed by atoms with Gasteiger partial charge in [0, 0.05) is 27.9 Å². The summed E-state index contributed by atoms with van der Waals surface area (Å²) >= 11 is 11.6. The second-order valence-electron chi connectivity index (χ2n) is 9.59. The molecule has 0 aliphatic carbocycles. The molecule has 1 amide bonds. The summed E-state index contributed by atoms with van der Waals surface area (Å²) < 4.78 is 11.8. The van der Waals surface area contributed by atoms with Crippen LogP contribution < -0.4 is 10.6 Å². The number of carbonyl (C=O) groups excluding carboxylic acids is 1. The number of hydrogen-bond donors (Lipinski definition) is 2. The summed E-state index contributed by atoms with van der Waals surface area (Å²) in [5.74, 6) is 1.31. The predicted molar refractivity (Wildman–Crippen MR) is 172 cm³/mol. The molecule has 0 aliphatic rings. The Morgan fingerprint density at radius 1 is 0.833 bits per heavy atom. The third-order valence-corrected chi connectivity index (χ3v) is 7.21. The van der Waals surface area contributed by atoms with Crippen LogP contribution in [0.4, 0.5) is 5.69 Å². The third-order valence-electron chi connectivity index (χ3n) is 6.60. The number of amides is 1. The quantitative estimate of drug-likeness (QED) is 0.149. The largest absolute Gasteiger partial charge is 0.457 e. The lowest BCUT2D eigenvalue weighted by Gasteiger charge is -2.07. The fraction of sp³-hybridized carbons (Fsp3) is 0.0294. The molecule has 0 atom stereocenters. The molecule has 6 rings (SSSR count). The molecule has 206 valence electrons. The Hall–Kier alpha value is -4.98. The molecule has 0 bridgehead atoms. The van der Waals surface area contributed by atoms with Gasteiger partial charge in [0.2, 0.25) is 11.8 Å². The standard InChI is InChI=1S/C34H24ClN3O3S/c1-21-7-8-25(19-28(21)35)30-17-14-27(40-30)15-18-32(39)38-34(42)36-26-13-16-31-29(20-26)37-33(41-31)24-11-9-23(10-12-24)22-5-3-2-4-6-22/h2-20H,1H3,(H2,36,38,39,42)/b18-15+. The van der Waals surface area contributed by atoms with Crippen molar-refractivity contribution in [3.63, 3.8) is 0 Å². The van der Waals surface area contributed by atoms with E-state index in [2.05, 4.69) is 27.8 Å². The Balaban J connectivity index is 1.07. The Kier molecular flexibility index (Phi) is 7.68. The number of aryl methyl sites for hydroxylation is 1. The first kappa shape index (κ1) is 27.2. The average Bonchev–Trinajstić information content (AvgIpc) is 3.65. The molecule has 0 aliphatic heterocycles. The number of anilines is 1. The number of nitrogens with one attached hydrogen (secondary N) is 2. The second kappa shape index (κ2) is 11.9. The zero-order chi connectivity index (χ0) is 29.1. The van der Waals surface area contributed by atoms with E-state index < -0.39 is 5.91 Å². The minimum Gasteiger partial charge on any atom is -0.457 e. The first-order valence-corrected chi connectivity index (χ1v) is 13.9. The van der Waals surface area contributed by atoms with Crippen molar-refractivity contribution in [2.45, 2.75) is 6.92 Å². The van der Waals surface area contributed by atoms with E-state index in [-0.39, 0.29) is 5.11 Å². The number of fused-ring (bicyclic) bond motifs is 1. The smallest absolute Gasteiger partial charge is 0.250 e. The summed E-state index contributed by atoms with van der Waals surface area (Å²) in [6.07, 6.45) is 2.93. The molecule has 2 aromatic heterocycles. The highest BCUT2D eigenvalue weighted by Crippen LogP contribution is 2.29. The van der Waals surface area contributed by atoms with Crippen LogP contribution in [0, 0.1) is 6.92 Å². The lowest BCUT2D eigenvalue weighted by molar-refractivity contribution is -0.115. The third kappa shape index (κ3) is 6.17. The van der Waals surface area contributed by atoms with Crippen LogP contribution in [-0.2, 0) is 4.79 Å². The van der Waals surface area contributed by atoms with Gasteiger partial charge in [0.05, 0.1) is 0 Å². The first-order valence-electron chi connectivity index (χ1n) is 13.1. The topological polar surface area (TPSA) is 80.3 Å². The number of hydrogen-bond acceptors (Lipinski definition) is 5. The van der Waals surface area contributed by atoms with E-state index in [1.165, 1.54) is 6.08 Å². The summed E-state index contributed by atoms with van der Waals surface area (Å²) in [4.78, 5) is 17.1. The van der Waals surface area contributed by atoms with Crippen molar-refractivity contribution in [3.05, 3.63) is 126 Å². The van der Waals surface area contributed by atoms with E-state index in [1.807, 2.05) is 91.9 Å². The monoisotopic (exact) mass is 589 g/mol. The molecule has 2 N–H and O–H groups in total. The molecule has 0 fully saturated rings. The Morgan fingerprint density at radius 2 is 1.57 bits per heavy atom. The summed E-state index contributed by atoms with van der Waals surface area (Å²) in [7, 11) is 0. The number of nitrogens with zero attached hydrogens (tertiary/aromatic N) is 1. The second-order valence-corrected chi connectivity index (χ2v) is 10.4. The fourth-order valence-corrected chi connectivity index (χ4v) is 4.78. The number of oxazole rings is 1. The lowest BCUT2D eigenvalue weighted by atomic mass is 10.0. The van der Waals surface area contributed by atoms with E-state index in [1.54, 1.807) is 12.1 Å². The van der Waals surface area contributed by atoms with Crippen molar-refractivity contribution in [2.75, 3.05) is 5.32 Å². The number of rotatable bonds is 6. The van der Waals surface area contributed by atoms with E-state index in [0.29, 0.717) is 39.2 Å². The summed E-state index contributed by atoms with van der Waals surface area (Å²) in [6, 6.07) is 33.0. The number of furan rings is 1. The van der Waals surface area contributed by atoms with Gasteiger partial charge >= 0.3 is 0 Å². The predicted octanol–water partition coefficient (Wildman–Crippen LogP) is 8.91. The van der Waals surface area contributed by atoms with Crippen molar-refractivity contribution in [1.29, 1.82) is 0 Å². The van der Waals surface area contributed by atoms with Crippen LogP contribution in [0.25, 0.3) is 51.1 Å². The Bertz CT molecular complexity index is 1940. The Labute approximate surface area is 252 Å². The van der Waals surface area contributed by atoms with Gasteiger partial charge < -0.3 is 14.2 Å². The molecule has 8 heteroatoms. The van der Waals surface area contributed by atoms with Gasteiger partial charge in [-0.15, -0.1) is 0 Å². The maximum Gasteiger partial charge on any atom is 0.250 e. The van der Waals surface area contributed by atoms with Crippen LogP contribution in [0.5, 0.6) is 0 Å². The van der Waals surface area contributed by atoms with Crippen LogP contribution in [0.15, 0.2) is 118 Å². The van der Waals surface area contributed by atoms with Crippen LogP contribution >= 0.6 is 23.8 Å². The number of aromatic nitrogens is 1. The van der Waals surface area contributed by atoms with Crippen LogP contribution in [0.2, 0.25) is 5.02 Å². The van der Waals surface area contributed by atoms with Gasteiger partial charge in [-0.3, -0.25) is 10.1 Å². The highest BCUT2D eigenvalue weighted by atomic mass is 35.5. The molecule has 2 heterocycles. The van der Waals surface area contributed by atoms with Gasteiger partial charge in [0.15, 0.2) is 10.7 Å². The highest BCUT2D eigenvalue weighted by molar-refractivity contribution is 7.80. The van der Waals surface area contributed by atoms with Gasteiger partial charge in [-0.25, -0.2) is 4.98 Å². The number of thiocarbonyl (C=S) groups is 1. The van der Waals surface area contributed by atoms with Crippen molar-refractivity contribution in [1.82, 2.24) is 10.3 Å². The number of carbonyl (C=O) groups is 1. The van der Waals surface area contributed by atoms with Crippen LogP contribution in [-0.4, -0.2) is 16.0 Å². The van der Waals surface area contributed by atoms with Gasteiger partial charge in [0.25, 0.3) is 0 Å². The summed E-state index contributed by atoms with van der Waals surface area (Å²) in [5, 5.41) is 6.48. The van der Waals surface area contributed by atoms with Gasteiger partial charge in [-0.2, -0.15) is 0 Å². The van der Waals surface area contributed by atoms with E-state index in [0.717, 1.165) is 27.8 Å². The van der Waals surface area contributed by atoms with Crippen LogP contribution in [0.3, 0.4) is 0 Å². The van der Waals surface area contributed by atoms with Crippen molar-refractivity contribution >= 4 is 57.7 Å². The molecule has 4 aromatic carbocycles. The van der Waals surface area contributed by atoms with E-state index >= 15 is 0 Å². The molecule has 6 nitrogen and oxygen atoms in total. The van der Waals surface area contributed by atoms with Crippen molar-refractivity contribution in [3.8, 4) is 33.9 Å². The maximum atomic E-state index is 12.5. The molecule has 42 heavy (non-hydrogen) atoms. The zero-order valence-corrected chi connectivity index (χ0v) is 24.0. The van der Waals surface area contributed by atoms with Crippen LogP contribution in [0.1, 0.15) is 11.3 Å². The van der Waals surface area contributed by atoms with Crippen molar-refractivity contribution < 1.29 is 13.6 Å². The van der Waals surface area contributed by atoms with Gasteiger partial charge in [-0.05, 0) is 90.4 Å². The molecule has 0 saturated heterocycles.